The van der Waals surface area contributed by atoms with Crippen molar-refractivity contribution >= 4 is 23.1 Å². The lowest BCUT2D eigenvalue weighted by molar-refractivity contribution is 0.0158. The van der Waals surface area contributed by atoms with E-state index in [1.54, 1.807) is 4.90 Å². The number of benzene rings is 2. The number of hydrogen-bond acceptors (Lipinski definition) is 5. The van der Waals surface area contributed by atoms with Gasteiger partial charge in [0.1, 0.15) is 5.60 Å². The summed E-state index contributed by atoms with van der Waals surface area (Å²) in [7, 11) is 0. The Morgan fingerprint density at radius 1 is 1.16 bits per heavy atom. The largest absolute Gasteiger partial charge is 0.444 e. The van der Waals surface area contributed by atoms with Gasteiger partial charge in [-0.25, -0.2) is 9.78 Å². The van der Waals surface area contributed by atoms with Gasteiger partial charge in [-0.1, -0.05) is 30.3 Å². The number of nitrogens with zero attached hydrogens (tertiary/aromatic N) is 5. The number of rotatable bonds is 3. The average molecular weight is 432 g/mol. The topological polar surface area (TPSA) is 74.4 Å². The van der Waals surface area contributed by atoms with Gasteiger partial charge in [-0.15, -0.1) is 0 Å². The van der Waals surface area contributed by atoms with Gasteiger partial charge in [-0.2, -0.15) is 5.26 Å². The highest BCUT2D eigenvalue weighted by atomic mass is 16.6. The van der Waals surface area contributed by atoms with E-state index in [-0.39, 0.29) is 12.1 Å². The summed E-state index contributed by atoms with van der Waals surface area (Å²) in [6.45, 7) is 10.1. The number of hydrogen-bond donors (Lipinski definition) is 0. The van der Waals surface area contributed by atoms with Gasteiger partial charge in [0.2, 0.25) is 5.95 Å². The van der Waals surface area contributed by atoms with Crippen LogP contribution in [0.3, 0.4) is 0 Å². The molecule has 7 nitrogen and oxygen atoms in total. The Labute approximate surface area is 188 Å². The fraction of sp³-hybridized carbons (Fsp3) is 0.400. The van der Waals surface area contributed by atoms with Gasteiger partial charge in [0.25, 0.3) is 0 Å². The second-order valence-electron chi connectivity index (χ2n) is 9.22. The number of carbonyl (C=O) groups is 1. The predicted octanol–water partition coefficient (Wildman–Crippen LogP) is 4.40. The number of para-hydroxylation sites is 2. The standard InChI is InChI=1S/C25H29N5O2/c1-18-16-28(13-14-29(18)24(31)32-25(2,3)4)23-27-21-11-7-8-12-22(21)30(23)17-20-10-6-5-9-19(20)15-26/h5-12,18H,13-14,16-17H2,1-4H3/t18-/m1/s1. The molecule has 7 heteroatoms. The lowest BCUT2D eigenvalue weighted by Gasteiger charge is -2.40. The third kappa shape index (κ3) is 4.40. The van der Waals surface area contributed by atoms with Crippen molar-refractivity contribution in [3.8, 4) is 6.07 Å². The van der Waals surface area contributed by atoms with Gasteiger partial charge in [-0.05, 0) is 51.5 Å². The van der Waals surface area contributed by atoms with Crippen LogP contribution < -0.4 is 4.90 Å². The summed E-state index contributed by atoms with van der Waals surface area (Å²) in [5.41, 5.74) is 3.05. The molecule has 3 aromatic rings. The first-order chi connectivity index (χ1) is 15.3. The Morgan fingerprint density at radius 2 is 1.88 bits per heavy atom. The van der Waals surface area contributed by atoms with E-state index in [0.717, 1.165) is 22.5 Å². The smallest absolute Gasteiger partial charge is 0.410 e. The van der Waals surface area contributed by atoms with Crippen molar-refractivity contribution in [2.75, 3.05) is 24.5 Å². The van der Waals surface area contributed by atoms with Crippen molar-refractivity contribution in [3.63, 3.8) is 0 Å². The number of fused-ring (bicyclic) bond motifs is 1. The zero-order chi connectivity index (χ0) is 22.9. The molecule has 32 heavy (non-hydrogen) atoms. The van der Waals surface area contributed by atoms with Crippen molar-refractivity contribution < 1.29 is 9.53 Å². The van der Waals surface area contributed by atoms with Crippen LogP contribution in [-0.2, 0) is 11.3 Å². The monoisotopic (exact) mass is 431 g/mol. The summed E-state index contributed by atoms with van der Waals surface area (Å²) in [4.78, 5) is 21.6. The van der Waals surface area contributed by atoms with Crippen LogP contribution in [-0.4, -0.2) is 51.8 Å². The quantitative estimate of drug-likeness (QED) is 0.614. The molecule has 1 saturated heterocycles. The Kier molecular flexibility index (Phi) is 5.79. The number of ether oxygens (including phenoxy) is 1. The van der Waals surface area contributed by atoms with E-state index in [4.69, 9.17) is 9.72 Å². The average Bonchev–Trinajstić information content (AvgIpc) is 3.11. The summed E-state index contributed by atoms with van der Waals surface area (Å²) in [6.07, 6.45) is -0.277. The molecule has 1 aromatic heterocycles. The first-order valence-corrected chi connectivity index (χ1v) is 10.9. The number of anilines is 1. The third-order valence-corrected chi connectivity index (χ3v) is 5.64. The Morgan fingerprint density at radius 3 is 2.59 bits per heavy atom. The first-order valence-electron chi connectivity index (χ1n) is 10.9. The predicted molar refractivity (Wildman–Crippen MR) is 125 cm³/mol. The summed E-state index contributed by atoms with van der Waals surface area (Å²) < 4.78 is 7.75. The van der Waals surface area contributed by atoms with Crippen molar-refractivity contribution in [2.45, 2.75) is 45.9 Å². The lowest BCUT2D eigenvalue weighted by Crippen LogP contribution is -2.55. The van der Waals surface area contributed by atoms with Crippen LogP contribution in [0.15, 0.2) is 48.5 Å². The number of amides is 1. The molecule has 0 N–H and O–H groups in total. The van der Waals surface area contributed by atoms with Gasteiger partial charge in [0, 0.05) is 25.7 Å². The molecule has 0 bridgehead atoms. The van der Waals surface area contributed by atoms with Crippen LogP contribution in [0.5, 0.6) is 0 Å². The number of imidazole rings is 1. The molecule has 1 fully saturated rings. The third-order valence-electron chi connectivity index (χ3n) is 5.64. The highest BCUT2D eigenvalue weighted by Gasteiger charge is 2.32. The van der Waals surface area contributed by atoms with E-state index in [1.807, 2.05) is 70.2 Å². The molecular formula is C25H29N5O2. The molecule has 1 atom stereocenters. The number of nitriles is 1. The maximum atomic E-state index is 12.6. The van der Waals surface area contributed by atoms with E-state index in [2.05, 4.69) is 21.6 Å². The van der Waals surface area contributed by atoms with Crippen LogP contribution in [0.4, 0.5) is 10.7 Å². The molecule has 1 aliphatic rings. The zero-order valence-corrected chi connectivity index (χ0v) is 19.1. The number of piperazine rings is 1. The highest BCUT2D eigenvalue weighted by Crippen LogP contribution is 2.27. The molecule has 0 unspecified atom stereocenters. The molecule has 0 spiro atoms. The molecule has 166 valence electrons. The zero-order valence-electron chi connectivity index (χ0n) is 19.1. The molecule has 1 aliphatic heterocycles. The Balaban J connectivity index is 1.63. The van der Waals surface area contributed by atoms with E-state index in [9.17, 15) is 10.1 Å². The normalized spacial score (nSPS) is 16.8. The number of aromatic nitrogens is 2. The highest BCUT2D eigenvalue weighted by molar-refractivity contribution is 5.79. The summed E-state index contributed by atoms with van der Waals surface area (Å²) in [5.74, 6) is 0.856. The molecular weight excluding hydrogens is 402 g/mol. The lowest BCUT2D eigenvalue weighted by atomic mass is 10.1. The summed E-state index contributed by atoms with van der Waals surface area (Å²) >= 11 is 0. The van der Waals surface area contributed by atoms with Gasteiger partial charge in [0.15, 0.2) is 0 Å². The second-order valence-corrected chi connectivity index (χ2v) is 9.22. The second kappa shape index (κ2) is 8.54. The molecule has 1 amide bonds. The maximum Gasteiger partial charge on any atom is 0.410 e. The van der Waals surface area contributed by atoms with Crippen LogP contribution in [0, 0.1) is 11.3 Å². The van der Waals surface area contributed by atoms with E-state index >= 15 is 0 Å². The van der Waals surface area contributed by atoms with Crippen molar-refractivity contribution in [1.29, 1.82) is 5.26 Å². The minimum absolute atomic E-state index is 0.0155. The molecule has 2 heterocycles. The molecule has 0 radical (unpaired) electrons. The van der Waals surface area contributed by atoms with Gasteiger partial charge >= 0.3 is 6.09 Å². The van der Waals surface area contributed by atoms with Crippen LogP contribution in [0.2, 0.25) is 0 Å². The SMILES string of the molecule is C[C@@H]1CN(c2nc3ccccc3n2Cc2ccccc2C#N)CCN1C(=O)OC(C)(C)C. The van der Waals surface area contributed by atoms with Gasteiger partial charge in [0.05, 0.1) is 29.2 Å². The molecule has 0 saturated carbocycles. The van der Waals surface area contributed by atoms with Crippen LogP contribution in [0.1, 0.15) is 38.8 Å². The van der Waals surface area contributed by atoms with Gasteiger partial charge in [-0.3, -0.25) is 0 Å². The Hall–Kier alpha value is -3.53. The summed E-state index contributed by atoms with van der Waals surface area (Å²) in [6, 6.07) is 18.0. The van der Waals surface area contributed by atoms with Gasteiger partial charge < -0.3 is 19.1 Å². The fourth-order valence-corrected chi connectivity index (χ4v) is 4.13. The Bertz CT molecular complexity index is 1170. The summed E-state index contributed by atoms with van der Waals surface area (Å²) in [5, 5.41) is 9.54. The minimum atomic E-state index is -0.518. The fourth-order valence-electron chi connectivity index (χ4n) is 4.13. The molecule has 0 aliphatic carbocycles. The first kappa shape index (κ1) is 21.7. The van der Waals surface area contributed by atoms with E-state index < -0.39 is 5.60 Å². The molecule has 4 rings (SSSR count). The van der Waals surface area contributed by atoms with Crippen LogP contribution >= 0.6 is 0 Å². The van der Waals surface area contributed by atoms with Crippen molar-refractivity contribution in [2.24, 2.45) is 0 Å². The van der Waals surface area contributed by atoms with Crippen molar-refractivity contribution in [3.05, 3.63) is 59.7 Å². The molecule has 2 aromatic carbocycles. The number of carbonyl (C=O) groups excluding carboxylic acids is 1. The van der Waals surface area contributed by atoms with E-state index in [0.29, 0.717) is 31.7 Å². The van der Waals surface area contributed by atoms with Crippen molar-refractivity contribution in [1.82, 2.24) is 14.5 Å². The minimum Gasteiger partial charge on any atom is -0.444 e. The van der Waals surface area contributed by atoms with Crippen LogP contribution in [0.25, 0.3) is 11.0 Å². The maximum absolute atomic E-state index is 12.6. The van der Waals surface area contributed by atoms with E-state index in [1.165, 1.54) is 0 Å².